The standard InChI is InChI=1S/C26H34N4O/c1-20-18-30(15-13-24(20)23-10-4-3-5-11-23)26(27-2)28-17-21-8-6-9-22(16-21)19-29-14-7-12-25(29)31/h3-6,8-11,16,20,24H,7,12-15,17-19H2,1-2H3,(H,27,28). The van der Waals surface area contributed by atoms with Crippen LogP contribution in [0.15, 0.2) is 59.6 Å². The average molecular weight is 419 g/mol. The van der Waals surface area contributed by atoms with Crippen molar-refractivity contribution in [3.8, 4) is 0 Å². The number of hydrogen-bond donors (Lipinski definition) is 1. The Balaban J connectivity index is 1.33. The molecule has 2 aromatic rings. The number of benzene rings is 2. The van der Waals surface area contributed by atoms with Crippen LogP contribution in [0.3, 0.4) is 0 Å². The van der Waals surface area contributed by atoms with Crippen LogP contribution in [-0.4, -0.2) is 48.3 Å². The predicted octanol–water partition coefficient (Wildman–Crippen LogP) is 4.01. The fraction of sp³-hybridized carbons (Fsp3) is 0.462. The number of carbonyl (C=O) groups is 1. The summed E-state index contributed by atoms with van der Waals surface area (Å²) >= 11 is 0. The molecule has 2 aromatic carbocycles. The fourth-order valence-electron chi connectivity index (χ4n) is 4.98. The number of rotatable bonds is 5. The van der Waals surface area contributed by atoms with E-state index in [1.807, 2.05) is 11.9 Å². The molecule has 1 N–H and O–H groups in total. The number of likely N-dealkylation sites (tertiary alicyclic amines) is 2. The van der Waals surface area contributed by atoms with Crippen molar-refractivity contribution in [1.82, 2.24) is 15.1 Å². The van der Waals surface area contributed by atoms with E-state index in [0.717, 1.165) is 45.0 Å². The summed E-state index contributed by atoms with van der Waals surface area (Å²) in [5, 5.41) is 3.56. The second-order valence-electron chi connectivity index (χ2n) is 8.87. The second kappa shape index (κ2) is 9.99. The third kappa shape index (κ3) is 5.27. The van der Waals surface area contributed by atoms with Crippen LogP contribution < -0.4 is 5.32 Å². The summed E-state index contributed by atoms with van der Waals surface area (Å²) in [7, 11) is 1.87. The Morgan fingerprint density at radius 3 is 2.61 bits per heavy atom. The van der Waals surface area contributed by atoms with Gasteiger partial charge in [0.15, 0.2) is 5.96 Å². The summed E-state index contributed by atoms with van der Waals surface area (Å²) in [6.07, 6.45) is 2.82. The van der Waals surface area contributed by atoms with E-state index in [-0.39, 0.29) is 5.91 Å². The molecule has 5 nitrogen and oxygen atoms in total. The van der Waals surface area contributed by atoms with Gasteiger partial charge in [0.2, 0.25) is 5.91 Å². The lowest BCUT2D eigenvalue weighted by Crippen LogP contribution is -2.47. The van der Waals surface area contributed by atoms with Gasteiger partial charge in [0.1, 0.15) is 0 Å². The lowest BCUT2D eigenvalue weighted by molar-refractivity contribution is -0.128. The smallest absolute Gasteiger partial charge is 0.222 e. The summed E-state index contributed by atoms with van der Waals surface area (Å²) < 4.78 is 0. The molecular weight excluding hydrogens is 384 g/mol. The first-order valence-electron chi connectivity index (χ1n) is 11.5. The SMILES string of the molecule is CN=C(NCc1cccc(CN2CCCC2=O)c1)N1CCC(c2ccccc2)C(C)C1. The normalized spacial score (nSPS) is 22.1. The molecule has 0 radical (unpaired) electrons. The molecule has 4 rings (SSSR count). The van der Waals surface area contributed by atoms with Crippen LogP contribution in [0.25, 0.3) is 0 Å². The van der Waals surface area contributed by atoms with Crippen LogP contribution in [0.2, 0.25) is 0 Å². The van der Waals surface area contributed by atoms with Crippen LogP contribution in [0, 0.1) is 5.92 Å². The number of aliphatic imine (C=N–C) groups is 1. The predicted molar refractivity (Wildman–Crippen MR) is 126 cm³/mol. The second-order valence-corrected chi connectivity index (χ2v) is 8.87. The van der Waals surface area contributed by atoms with Crippen LogP contribution >= 0.6 is 0 Å². The number of nitrogens with zero attached hydrogens (tertiary/aromatic N) is 3. The molecule has 2 unspecified atom stereocenters. The van der Waals surface area contributed by atoms with Gasteiger partial charge < -0.3 is 15.1 Å². The Labute approximate surface area is 186 Å². The summed E-state index contributed by atoms with van der Waals surface area (Å²) in [5.74, 6) is 2.44. The maximum absolute atomic E-state index is 11.9. The highest BCUT2D eigenvalue weighted by molar-refractivity contribution is 5.80. The van der Waals surface area contributed by atoms with Gasteiger partial charge in [-0.05, 0) is 41.4 Å². The quantitative estimate of drug-likeness (QED) is 0.590. The van der Waals surface area contributed by atoms with E-state index in [2.05, 4.69) is 76.7 Å². The highest BCUT2D eigenvalue weighted by Gasteiger charge is 2.28. The number of amides is 1. The zero-order valence-corrected chi connectivity index (χ0v) is 18.8. The molecule has 1 amide bonds. The van der Waals surface area contributed by atoms with Crippen LogP contribution in [0.5, 0.6) is 0 Å². The van der Waals surface area contributed by atoms with Gasteiger partial charge in [-0.25, -0.2) is 0 Å². The molecule has 2 aliphatic heterocycles. The third-order valence-corrected chi connectivity index (χ3v) is 6.63. The zero-order valence-electron chi connectivity index (χ0n) is 18.8. The lowest BCUT2D eigenvalue weighted by atomic mass is 9.82. The molecule has 31 heavy (non-hydrogen) atoms. The van der Waals surface area contributed by atoms with E-state index < -0.39 is 0 Å². The van der Waals surface area contributed by atoms with Crippen molar-refractivity contribution >= 4 is 11.9 Å². The molecule has 0 spiro atoms. The fourth-order valence-corrected chi connectivity index (χ4v) is 4.98. The highest BCUT2D eigenvalue weighted by Crippen LogP contribution is 2.32. The molecule has 0 bridgehead atoms. The third-order valence-electron chi connectivity index (χ3n) is 6.63. The van der Waals surface area contributed by atoms with Crippen molar-refractivity contribution in [1.29, 1.82) is 0 Å². The Hall–Kier alpha value is -2.82. The van der Waals surface area contributed by atoms with E-state index >= 15 is 0 Å². The first-order chi connectivity index (χ1) is 15.1. The van der Waals surface area contributed by atoms with Gasteiger partial charge in [0.25, 0.3) is 0 Å². The highest BCUT2D eigenvalue weighted by atomic mass is 16.2. The minimum atomic E-state index is 0.275. The molecule has 164 valence electrons. The zero-order chi connectivity index (χ0) is 21.6. The topological polar surface area (TPSA) is 47.9 Å². The summed E-state index contributed by atoms with van der Waals surface area (Å²) in [6, 6.07) is 19.4. The van der Waals surface area contributed by atoms with Crippen molar-refractivity contribution in [2.45, 2.75) is 45.2 Å². The van der Waals surface area contributed by atoms with Crippen LogP contribution in [-0.2, 0) is 17.9 Å². The lowest BCUT2D eigenvalue weighted by Gasteiger charge is -2.39. The maximum atomic E-state index is 11.9. The Kier molecular flexibility index (Phi) is 6.90. The van der Waals surface area contributed by atoms with E-state index in [9.17, 15) is 4.79 Å². The molecule has 5 heteroatoms. The Morgan fingerprint density at radius 2 is 1.90 bits per heavy atom. The van der Waals surface area contributed by atoms with Gasteiger partial charge in [-0.1, -0.05) is 61.5 Å². The molecule has 0 aliphatic carbocycles. The van der Waals surface area contributed by atoms with Crippen molar-refractivity contribution in [2.75, 3.05) is 26.7 Å². The first kappa shape index (κ1) is 21.4. The monoisotopic (exact) mass is 418 g/mol. The molecule has 0 aromatic heterocycles. The molecule has 2 heterocycles. The number of hydrogen-bond acceptors (Lipinski definition) is 2. The Bertz CT molecular complexity index is 911. The number of guanidine groups is 1. The van der Waals surface area contributed by atoms with Crippen LogP contribution in [0.1, 0.15) is 48.8 Å². The van der Waals surface area contributed by atoms with Gasteiger partial charge in [-0.15, -0.1) is 0 Å². The first-order valence-corrected chi connectivity index (χ1v) is 11.5. The maximum Gasteiger partial charge on any atom is 0.222 e. The van der Waals surface area contributed by atoms with E-state index in [4.69, 9.17) is 0 Å². The number of nitrogens with one attached hydrogen (secondary N) is 1. The van der Waals surface area contributed by atoms with Gasteiger partial charge in [0.05, 0.1) is 0 Å². The van der Waals surface area contributed by atoms with E-state index in [0.29, 0.717) is 24.8 Å². The summed E-state index contributed by atoms with van der Waals surface area (Å²) in [6.45, 7) is 6.70. The molecule has 2 saturated heterocycles. The van der Waals surface area contributed by atoms with Crippen molar-refractivity contribution in [3.05, 3.63) is 71.3 Å². The minimum Gasteiger partial charge on any atom is -0.352 e. The van der Waals surface area contributed by atoms with Gasteiger partial charge in [-0.3, -0.25) is 9.79 Å². The minimum absolute atomic E-state index is 0.275. The van der Waals surface area contributed by atoms with Crippen molar-refractivity contribution < 1.29 is 4.79 Å². The number of carbonyl (C=O) groups excluding carboxylic acids is 1. The summed E-state index contributed by atoms with van der Waals surface area (Å²) in [4.78, 5) is 20.8. The average Bonchev–Trinajstić information content (AvgIpc) is 3.19. The van der Waals surface area contributed by atoms with Crippen molar-refractivity contribution in [3.63, 3.8) is 0 Å². The van der Waals surface area contributed by atoms with E-state index in [1.165, 1.54) is 16.7 Å². The molecular formula is C26H34N4O. The molecule has 0 saturated carbocycles. The van der Waals surface area contributed by atoms with Gasteiger partial charge >= 0.3 is 0 Å². The van der Waals surface area contributed by atoms with E-state index in [1.54, 1.807) is 0 Å². The van der Waals surface area contributed by atoms with Crippen LogP contribution in [0.4, 0.5) is 0 Å². The van der Waals surface area contributed by atoms with Crippen molar-refractivity contribution in [2.24, 2.45) is 10.9 Å². The number of piperidine rings is 1. The van der Waals surface area contributed by atoms with Gasteiger partial charge in [0, 0.05) is 46.2 Å². The van der Waals surface area contributed by atoms with Gasteiger partial charge in [-0.2, -0.15) is 0 Å². The molecule has 2 fully saturated rings. The summed E-state index contributed by atoms with van der Waals surface area (Å²) in [5.41, 5.74) is 3.87. The molecule has 2 aliphatic rings. The Morgan fingerprint density at radius 1 is 1.10 bits per heavy atom. The molecule has 2 atom stereocenters. The largest absolute Gasteiger partial charge is 0.352 e.